The Labute approximate surface area is 48.3 Å². The lowest BCUT2D eigenvalue weighted by molar-refractivity contribution is -0.168. The van der Waals surface area contributed by atoms with Crippen LogP contribution in [0.3, 0.4) is 0 Å². The minimum absolute atomic E-state index is 0.400. The molecule has 0 amide bonds. The highest BCUT2D eigenvalue weighted by atomic mass is 16.5. The van der Waals surface area contributed by atoms with Gasteiger partial charge in [0.25, 0.3) is 0 Å². The van der Waals surface area contributed by atoms with E-state index in [9.17, 15) is 0 Å². The van der Waals surface area contributed by atoms with Crippen LogP contribution in [0.5, 0.6) is 0 Å². The smallest absolute Gasteiger partial charge is 0.219 e. The fraction of sp³-hybridized carbons (Fsp3) is 1.00. The van der Waals surface area contributed by atoms with E-state index in [0.717, 1.165) is 0 Å². The Balaban J connectivity index is 3.11. The van der Waals surface area contributed by atoms with Crippen LogP contribution in [0.15, 0.2) is 0 Å². The first-order chi connectivity index (χ1) is 3.56. The summed E-state index contributed by atoms with van der Waals surface area (Å²) in [4.78, 5) is 0. The molecule has 0 radical (unpaired) electrons. The molecule has 0 heterocycles. The summed E-state index contributed by atoms with van der Waals surface area (Å²) in [6.45, 7) is 2.04. The van der Waals surface area contributed by atoms with E-state index in [0.29, 0.717) is 13.1 Å². The Morgan fingerprint density at radius 3 is 2.25 bits per heavy atom. The van der Waals surface area contributed by atoms with Gasteiger partial charge in [0.05, 0.1) is 0 Å². The molecular weight excluding hydrogens is 108 g/mol. The number of hydrogen-bond donors (Lipinski definition) is 4. The fourth-order valence-corrected chi connectivity index (χ4v) is 0.309. The summed E-state index contributed by atoms with van der Waals surface area (Å²) in [6.07, 6.45) is 0. The van der Waals surface area contributed by atoms with E-state index >= 15 is 0 Å². The molecule has 0 unspecified atom stereocenters. The van der Waals surface area contributed by atoms with Gasteiger partial charge in [-0.2, -0.15) is 0 Å². The normalized spacial score (nSPS) is 12.0. The number of aliphatic hydroxyl groups is 2. The number of nitrogens with two attached hydrogens (primary N) is 1. The average Bonchev–Trinajstić information content (AvgIpc) is 1.59. The molecule has 50 valence electrons. The molecule has 5 N–H and O–H groups in total. The summed E-state index contributed by atoms with van der Waals surface area (Å²) >= 11 is 0. The standard InChI is InChI=1S/C4H12N2O2/c1-4(7,8)6-3-2-5/h6-8H,2-3,5H2,1H3. The Bertz CT molecular complexity index is 59.5. The SMILES string of the molecule is CC(O)(O)NCCN. The topological polar surface area (TPSA) is 78.5 Å². The fourth-order valence-electron chi connectivity index (χ4n) is 0.309. The van der Waals surface area contributed by atoms with Gasteiger partial charge in [-0.3, -0.25) is 5.32 Å². The molecule has 0 aromatic rings. The minimum Gasteiger partial charge on any atom is -0.354 e. The van der Waals surface area contributed by atoms with Crippen LogP contribution in [0.4, 0.5) is 0 Å². The molecule has 0 aliphatic carbocycles. The molecule has 4 nitrogen and oxygen atoms in total. The van der Waals surface area contributed by atoms with E-state index in [1.807, 2.05) is 0 Å². The first-order valence-corrected chi connectivity index (χ1v) is 2.46. The van der Waals surface area contributed by atoms with Crippen molar-refractivity contribution in [1.82, 2.24) is 5.32 Å². The van der Waals surface area contributed by atoms with Gasteiger partial charge >= 0.3 is 0 Å². The Kier molecular flexibility index (Phi) is 2.93. The second-order valence-corrected chi connectivity index (χ2v) is 1.74. The molecule has 0 saturated carbocycles. The van der Waals surface area contributed by atoms with Crippen LogP contribution in [0, 0.1) is 0 Å². The van der Waals surface area contributed by atoms with Crippen molar-refractivity contribution in [3.8, 4) is 0 Å². The predicted molar refractivity (Wildman–Crippen MR) is 29.9 cm³/mol. The quantitative estimate of drug-likeness (QED) is 0.331. The molecule has 0 rings (SSSR count). The summed E-state index contributed by atoms with van der Waals surface area (Å²) < 4.78 is 0. The number of hydrogen-bond acceptors (Lipinski definition) is 4. The van der Waals surface area contributed by atoms with Crippen molar-refractivity contribution in [3.05, 3.63) is 0 Å². The zero-order valence-electron chi connectivity index (χ0n) is 4.89. The third kappa shape index (κ3) is 5.84. The van der Waals surface area contributed by atoms with Crippen LogP contribution in [-0.2, 0) is 0 Å². The largest absolute Gasteiger partial charge is 0.354 e. The van der Waals surface area contributed by atoms with Gasteiger partial charge in [-0.05, 0) is 0 Å². The van der Waals surface area contributed by atoms with E-state index in [4.69, 9.17) is 15.9 Å². The third-order valence-corrected chi connectivity index (χ3v) is 0.604. The van der Waals surface area contributed by atoms with Crippen LogP contribution >= 0.6 is 0 Å². The lowest BCUT2D eigenvalue weighted by atomic mass is 10.5. The minimum atomic E-state index is -1.78. The predicted octanol–water partition coefficient (Wildman–Crippen LogP) is -1.81. The number of rotatable bonds is 3. The van der Waals surface area contributed by atoms with Gasteiger partial charge in [-0.15, -0.1) is 0 Å². The highest BCUT2D eigenvalue weighted by molar-refractivity contribution is 4.52. The second kappa shape index (κ2) is 2.99. The van der Waals surface area contributed by atoms with Crippen molar-refractivity contribution in [1.29, 1.82) is 0 Å². The number of nitrogens with one attached hydrogen (secondary N) is 1. The molecule has 0 aliphatic heterocycles. The van der Waals surface area contributed by atoms with Gasteiger partial charge in [-0.1, -0.05) is 0 Å². The lowest BCUT2D eigenvalue weighted by Crippen LogP contribution is -2.44. The van der Waals surface area contributed by atoms with Gasteiger partial charge in [-0.25, -0.2) is 0 Å². The summed E-state index contributed by atoms with van der Waals surface area (Å²) in [5.41, 5.74) is 5.05. The highest BCUT2D eigenvalue weighted by Gasteiger charge is 2.10. The molecule has 0 bridgehead atoms. The summed E-state index contributed by atoms with van der Waals surface area (Å²) in [5.74, 6) is -1.78. The van der Waals surface area contributed by atoms with E-state index in [1.165, 1.54) is 6.92 Å². The van der Waals surface area contributed by atoms with Crippen molar-refractivity contribution in [3.63, 3.8) is 0 Å². The maximum absolute atomic E-state index is 8.54. The molecule has 0 fully saturated rings. The molecule has 0 spiro atoms. The zero-order valence-corrected chi connectivity index (χ0v) is 4.89. The summed E-state index contributed by atoms with van der Waals surface area (Å²) in [6, 6.07) is 0. The van der Waals surface area contributed by atoms with Gasteiger partial charge in [0.2, 0.25) is 5.91 Å². The van der Waals surface area contributed by atoms with Crippen LogP contribution in [-0.4, -0.2) is 29.2 Å². The molecule has 0 aromatic heterocycles. The van der Waals surface area contributed by atoms with E-state index in [2.05, 4.69) is 5.32 Å². The summed E-state index contributed by atoms with van der Waals surface area (Å²) in [7, 11) is 0. The molecule has 8 heavy (non-hydrogen) atoms. The Morgan fingerprint density at radius 2 is 2.12 bits per heavy atom. The third-order valence-electron chi connectivity index (χ3n) is 0.604. The molecule has 0 saturated heterocycles. The molecule has 0 aliphatic rings. The van der Waals surface area contributed by atoms with Gasteiger partial charge in [0, 0.05) is 20.0 Å². The monoisotopic (exact) mass is 120 g/mol. The molecule has 4 heteroatoms. The first-order valence-electron chi connectivity index (χ1n) is 2.46. The second-order valence-electron chi connectivity index (χ2n) is 1.74. The van der Waals surface area contributed by atoms with Crippen LogP contribution < -0.4 is 11.1 Å². The van der Waals surface area contributed by atoms with Crippen molar-refractivity contribution >= 4 is 0 Å². The first kappa shape index (κ1) is 7.84. The van der Waals surface area contributed by atoms with Crippen molar-refractivity contribution in [2.45, 2.75) is 12.8 Å². The van der Waals surface area contributed by atoms with Gasteiger partial charge < -0.3 is 15.9 Å². The Morgan fingerprint density at radius 1 is 1.62 bits per heavy atom. The molecule has 0 atom stereocenters. The molecular formula is C4H12N2O2. The maximum atomic E-state index is 8.54. The summed E-state index contributed by atoms with van der Waals surface area (Å²) in [5, 5.41) is 19.4. The zero-order chi connectivity index (χ0) is 6.62. The maximum Gasteiger partial charge on any atom is 0.219 e. The van der Waals surface area contributed by atoms with Gasteiger partial charge in [0.15, 0.2) is 0 Å². The van der Waals surface area contributed by atoms with Crippen LogP contribution in [0.1, 0.15) is 6.92 Å². The Hall–Kier alpha value is -0.160. The van der Waals surface area contributed by atoms with E-state index < -0.39 is 5.91 Å². The average molecular weight is 120 g/mol. The highest BCUT2D eigenvalue weighted by Crippen LogP contribution is 1.85. The van der Waals surface area contributed by atoms with Gasteiger partial charge in [0.1, 0.15) is 0 Å². The van der Waals surface area contributed by atoms with Crippen LogP contribution in [0.2, 0.25) is 0 Å². The van der Waals surface area contributed by atoms with Crippen LogP contribution in [0.25, 0.3) is 0 Å². The van der Waals surface area contributed by atoms with E-state index in [-0.39, 0.29) is 0 Å². The van der Waals surface area contributed by atoms with E-state index in [1.54, 1.807) is 0 Å². The van der Waals surface area contributed by atoms with Crippen molar-refractivity contribution in [2.24, 2.45) is 5.73 Å². The lowest BCUT2D eigenvalue weighted by Gasteiger charge is -2.15. The molecule has 0 aromatic carbocycles. The van der Waals surface area contributed by atoms with Crippen molar-refractivity contribution in [2.75, 3.05) is 13.1 Å². The van der Waals surface area contributed by atoms with Crippen molar-refractivity contribution < 1.29 is 10.2 Å².